The molecule has 0 spiro atoms. The van der Waals surface area contributed by atoms with Gasteiger partial charge in [0.1, 0.15) is 0 Å². The van der Waals surface area contributed by atoms with Crippen molar-refractivity contribution in [2.24, 2.45) is 10.2 Å². The minimum Gasteiger partial charge on any atom is -0.425 e. The molecule has 0 saturated heterocycles. The molecule has 2 rings (SSSR count). The van der Waals surface area contributed by atoms with Crippen LogP contribution in [0.3, 0.4) is 0 Å². The van der Waals surface area contributed by atoms with Gasteiger partial charge in [0.2, 0.25) is 5.75 Å². The van der Waals surface area contributed by atoms with E-state index in [4.69, 9.17) is 16.3 Å². The first-order valence-corrected chi connectivity index (χ1v) is 4.54. The molecule has 0 bridgehead atoms. The van der Waals surface area contributed by atoms with Crippen molar-refractivity contribution in [2.75, 3.05) is 0 Å². The van der Waals surface area contributed by atoms with E-state index in [1.165, 1.54) is 0 Å². The fourth-order valence-corrected chi connectivity index (χ4v) is 1.19. The van der Waals surface area contributed by atoms with E-state index >= 15 is 0 Å². The van der Waals surface area contributed by atoms with E-state index in [1.807, 2.05) is 0 Å². The zero-order chi connectivity index (χ0) is 12.6. The molecule has 17 heavy (non-hydrogen) atoms. The van der Waals surface area contributed by atoms with Crippen LogP contribution in [0.5, 0.6) is 5.75 Å². The Morgan fingerprint density at radius 2 is 1.88 bits per heavy atom. The second kappa shape index (κ2) is 3.63. The monoisotopic (exact) mass is 258 g/mol. The lowest BCUT2D eigenvalue weighted by atomic mass is 10.2. The van der Waals surface area contributed by atoms with Gasteiger partial charge < -0.3 is 4.74 Å². The Labute approximate surface area is 98.0 Å². The van der Waals surface area contributed by atoms with Gasteiger partial charge in [-0.25, -0.2) is 0 Å². The second-order valence-electron chi connectivity index (χ2n) is 3.00. The molecule has 0 fully saturated rings. The standard InChI is InChI=1S/C7H3ClN4O5/c8-7(9-10-7)17-6-2-1-4(11(13)14)3-5(6)12(15)16/h1-3H. The van der Waals surface area contributed by atoms with Gasteiger partial charge >= 0.3 is 11.0 Å². The van der Waals surface area contributed by atoms with E-state index in [1.54, 1.807) is 0 Å². The molecule has 88 valence electrons. The Kier molecular flexibility index (Phi) is 2.39. The number of alkyl halides is 1. The summed E-state index contributed by atoms with van der Waals surface area (Å²) in [5.41, 5.74) is -0.992. The smallest absolute Gasteiger partial charge is 0.418 e. The van der Waals surface area contributed by atoms with Crippen LogP contribution in [-0.4, -0.2) is 15.2 Å². The Morgan fingerprint density at radius 3 is 2.35 bits per heavy atom. The lowest BCUT2D eigenvalue weighted by Crippen LogP contribution is -2.12. The van der Waals surface area contributed by atoms with Crippen LogP contribution in [0, 0.1) is 20.2 Å². The molecule has 0 N–H and O–H groups in total. The summed E-state index contributed by atoms with van der Waals surface area (Å²) in [6, 6.07) is 2.91. The van der Waals surface area contributed by atoms with Crippen LogP contribution in [0.25, 0.3) is 0 Å². The van der Waals surface area contributed by atoms with Gasteiger partial charge in [0.25, 0.3) is 5.69 Å². The molecular formula is C7H3ClN4O5. The molecule has 10 heteroatoms. The molecule has 0 atom stereocenters. The first-order chi connectivity index (χ1) is 7.91. The topological polar surface area (TPSA) is 120 Å². The number of ether oxygens (including phenoxy) is 1. The molecule has 0 aromatic heterocycles. The molecule has 0 radical (unpaired) electrons. The normalized spacial score (nSPS) is 15.4. The quantitative estimate of drug-likeness (QED) is 0.355. The summed E-state index contributed by atoms with van der Waals surface area (Å²) >= 11 is 5.55. The fraction of sp³-hybridized carbons (Fsp3) is 0.143. The summed E-state index contributed by atoms with van der Waals surface area (Å²) in [6.07, 6.45) is 0. The maximum absolute atomic E-state index is 10.7. The second-order valence-corrected chi connectivity index (χ2v) is 3.49. The van der Waals surface area contributed by atoms with Gasteiger partial charge in [0.15, 0.2) is 0 Å². The number of hydrogen-bond acceptors (Lipinski definition) is 7. The van der Waals surface area contributed by atoms with Crippen molar-refractivity contribution in [1.29, 1.82) is 0 Å². The van der Waals surface area contributed by atoms with Crippen molar-refractivity contribution < 1.29 is 14.6 Å². The summed E-state index contributed by atoms with van der Waals surface area (Å²) in [4.78, 5) is 19.6. The highest BCUT2D eigenvalue weighted by molar-refractivity contribution is 6.23. The number of benzene rings is 1. The number of nitro benzene ring substituents is 2. The van der Waals surface area contributed by atoms with Crippen LogP contribution < -0.4 is 4.74 Å². The van der Waals surface area contributed by atoms with Crippen molar-refractivity contribution in [3.8, 4) is 5.75 Å². The summed E-state index contributed by atoms with van der Waals surface area (Å²) in [5, 5.41) is 26.1. The number of halogens is 1. The van der Waals surface area contributed by atoms with Gasteiger partial charge in [0, 0.05) is 6.07 Å². The number of non-ortho nitro benzene ring substituents is 1. The van der Waals surface area contributed by atoms with Gasteiger partial charge in [-0.1, -0.05) is 10.2 Å². The highest BCUT2D eigenvalue weighted by Gasteiger charge is 2.42. The van der Waals surface area contributed by atoms with Gasteiger partial charge in [0.05, 0.1) is 15.9 Å². The van der Waals surface area contributed by atoms with E-state index in [0.29, 0.717) is 0 Å². The molecule has 1 aliphatic rings. The summed E-state index contributed by atoms with van der Waals surface area (Å²) < 4.78 is 4.91. The first kappa shape index (κ1) is 11.2. The first-order valence-electron chi connectivity index (χ1n) is 4.16. The van der Waals surface area contributed by atoms with Crippen LogP contribution in [0.1, 0.15) is 0 Å². The van der Waals surface area contributed by atoms with E-state index < -0.39 is 26.5 Å². The highest BCUT2D eigenvalue weighted by Crippen LogP contribution is 2.40. The molecule has 9 nitrogen and oxygen atoms in total. The molecule has 1 aliphatic heterocycles. The predicted octanol–water partition coefficient (Wildman–Crippen LogP) is 2.20. The summed E-state index contributed by atoms with van der Waals surface area (Å²) in [7, 11) is 0. The van der Waals surface area contributed by atoms with E-state index in [2.05, 4.69) is 10.2 Å². The third-order valence-corrected chi connectivity index (χ3v) is 2.08. The highest BCUT2D eigenvalue weighted by atomic mass is 35.5. The number of nitrogens with zero attached hydrogens (tertiary/aromatic N) is 4. The van der Waals surface area contributed by atoms with E-state index in [-0.39, 0.29) is 5.75 Å². The fourth-order valence-electron chi connectivity index (χ4n) is 1.07. The molecular weight excluding hydrogens is 256 g/mol. The summed E-state index contributed by atoms with van der Waals surface area (Å²) in [5.74, 6) is -0.236. The SMILES string of the molecule is O=[N+]([O-])c1ccc(OC2(Cl)N=N2)c([N+](=O)[O-])c1. The number of rotatable bonds is 4. The van der Waals surface area contributed by atoms with Gasteiger partial charge in [-0.05, 0) is 17.7 Å². The van der Waals surface area contributed by atoms with Crippen molar-refractivity contribution in [3.63, 3.8) is 0 Å². The Balaban J connectivity index is 2.37. The minimum atomic E-state index is -1.64. The number of nitro groups is 2. The summed E-state index contributed by atoms with van der Waals surface area (Å²) in [6.45, 7) is 0. The maximum Gasteiger partial charge on any atom is 0.418 e. The van der Waals surface area contributed by atoms with Crippen LogP contribution in [-0.2, 0) is 0 Å². The van der Waals surface area contributed by atoms with Crippen LogP contribution in [0.2, 0.25) is 0 Å². The third kappa shape index (κ3) is 2.28. The zero-order valence-electron chi connectivity index (χ0n) is 7.94. The van der Waals surface area contributed by atoms with Crippen LogP contribution >= 0.6 is 11.6 Å². The number of hydrogen-bond donors (Lipinski definition) is 0. The Morgan fingerprint density at radius 1 is 1.24 bits per heavy atom. The predicted molar refractivity (Wildman–Crippen MR) is 53.8 cm³/mol. The Bertz CT molecular complexity index is 539. The lowest BCUT2D eigenvalue weighted by Gasteiger charge is -2.06. The van der Waals surface area contributed by atoms with Crippen LogP contribution in [0.15, 0.2) is 28.4 Å². The molecule has 1 aromatic rings. The van der Waals surface area contributed by atoms with Gasteiger partial charge in [-0.15, -0.1) is 0 Å². The van der Waals surface area contributed by atoms with Crippen molar-refractivity contribution in [2.45, 2.75) is 5.31 Å². The molecule has 0 saturated carbocycles. The maximum atomic E-state index is 10.7. The van der Waals surface area contributed by atoms with E-state index in [9.17, 15) is 20.2 Å². The third-order valence-electron chi connectivity index (χ3n) is 1.85. The van der Waals surface area contributed by atoms with Gasteiger partial charge in [-0.3, -0.25) is 20.2 Å². The van der Waals surface area contributed by atoms with Crippen molar-refractivity contribution in [1.82, 2.24) is 0 Å². The minimum absolute atomic E-state index is 0.236. The lowest BCUT2D eigenvalue weighted by molar-refractivity contribution is -0.394. The average molecular weight is 259 g/mol. The molecule has 1 heterocycles. The average Bonchev–Trinajstić information content (AvgIpc) is 2.96. The molecule has 0 aliphatic carbocycles. The Hall–Kier alpha value is -2.29. The largest absolute Gasteiger partial charge is 0.425 e. The molecule has 1 aromatic carbocycles. The zero-order valence-corrected chi connectivity index (χ0v) is 8.70. The van der Waals surface area contributed by atoms with Crippen molar-refractivity contribution in [3.05, 3.63) is 38.4 Å². The van der Waals surface area contributed by atoms with E-state index in [0.717, 1.165) is 18.2 Å². The van der Waals surface area contributed by atoms with Crippen molar-refractivity contribution >= 4 is 23.0 Å². The molecule has 0 unspecified atom stereocenters. The molecule has 0 amide bonds. The van der Waals surface area contributed by atoms with Gasteiger partial charge in [-0.2, -0.15) is 0 Å². The van der Waals surface area contributed by atoms with Crippen LogP contribution in [0.4, 0.5) is 11.4 Å².